The summed E-state index contributed by atoms with van der Waals surface area (Å²) in [5.74, 6) is -0.0819. The fourth-order valence-corrected chi connectivity index (χ4v) is 3.48. The van der Waals surface area contributed by atoms with Crippen molar-refractivity contribution in [1.82, 2.24) is 9.80 Å². The molecular weight excluding hydrogens is 258 g/mol. The van der Waals surface area contributed by atoms with E-state index in [4.69, 9.17) is 5.73 Å². The average Bonchev–Trinajstić information content (AvgIpc) is 2.37. The van der Waals surface area contributed by atoms with E-state index in [9.17, 15) is 14.7 Å². The molecule has 0 aliphatic carbocycles. The normalized spacial score (nSPS) is 28.8. The number of aliphatic hydroxyl groups is 1. The molecule has 0 bridgehead atoms. The summed E-state index contributed by atoms with van der Waals surface area (Å²) in [4.78, 5) is 27.5. The van der Waals surface area contributed by atoms with Crippen LogP contribution >= 0.6 is 0 Å². The molecule has 114 valence electrons. The topological polar surface area (TPSA) is 86.9 Å². The number of hydrogen-bond acceptors (Lipinski definition) is 4. The van der Waals surface area contributed by atoms with Gasteiger partial charge in [0.15, 0.2) is 0 Å². The summed E-state index contributed by atoms with van der Waals surface area (Å²) in [5, 5.41) is 9.20. The number of piperidine rings is 1. The highest BCUT2D eigenvalue weighted by molar-refractivity contribution is 5.94. The zero-order chi connectivity index (χ0) is 14.9. The highest BCUT2D eigenvalue weighted by atomic mass is 16.3. The van der Waals surface area contributed by atoms with Gasteiger partial charge in [-0.2, -0.15) is 0 Å². The second-order valence-electron chi connectivity index (χ2n) is 6.55. The lowest BCUT2D eigenvalue weighted by Crippen LogP contribution is -2.71. The van der Waals surface area contributed by atoms with Gasteiger partial charge >= 0.3 is 0 Å². The number of aliphatic hydroxyl groups excluding tert-OH is 1. The molecule has 0 aromatic heterocycles. The maximum atomic E-state index is 12.5. The van der Waals surface area contributed by atoms with Crippen LogP contribution in [-0.2, 0) is 9.59 Å². The Balaban J connectivity index is 2.00. The van der Waals surface area contributed by atoms with Crippen LogP contribution < -0.4 is 5.73 Å². The van der Waals surface area contributed by atoms with Crippen LogP contribution in [0.5, 0.6) is 0 Å². The van der Waals surface area contributed by atoms with E-state index in [1.165, 1.54) is 4.90 Å². The number of primary amides is 1. The number of carbonyl (C=O) groups excluding carboxylic acids is 2. The van der Waals surface area contributed by atoms with Crippen LogP contribution in [0.25, 0.3) is 0 Å². The lowest BCUT2D eigenvalue weighted by molar-refractivity contribution is -0.174. The summed E-state index contributed by atoms with van der Waals surface area (Å²) < 4.78 is 0. The van der Waals surface area contributed by atoms with E-state index in [0.29, 0.717) is 12.5 Å². The van der Waals surface area contributed by atoms with Gasteiger partial charge in [0.1, 0.15) is 6.04 Å². The third kappa shape index (κ3) is 2.67. The van der Waals surface area contributed by atoms with Crippen LogP contribution in [0.1, 0.15) is 26.7 Å². The van der Waals surface area contributed by atoms with Crippen molar-refractivity contribution in [2.24, 2.45) is 17.1 Å². The Labute approximate surface area is 119 Å². The standard InChI is InChI=1S/C14H25N3O3/c1-10(2)6-16-5-3-4-14(8-16)9-17(13(14)20)11(7-18)12(15)19/h10-11,18H,3-9H2,1-2H3,(H2,15,19)/t11-,14?/m0/s1. The van der Waals surface area contributed by atoms with E-state index in [2.05, 4.69) is 18.7 Å². The van der Waals surface area contributed by atoms with Crippen LogP contribution in [-0.4, -0.2) is 65.5 Å². The van der Waals surface area contributed by atoms with Gasteiger partial charge in [0.25, 0.3) is 0 Å². The first-order valence-electron chi connectivity index (χ1n) is 7.33. The van der Waals surface area contributed by atoms with Gasteiger partial charge in [-0.15, -0.1) is 0 Å². The van der Waals surface area contributed by atoms with Gasteiger partial charge in [0, 0.05) is 19.6 Å². The number of likely N-dealkylation sites (tertiary alicyclic amines) is 2. The van der Waals surface area contributed by atoms with E-state index in [1.807, 2.05) is 0 Å². The molecule has 2 saturated heterocycles. The van der Waals surface area contributed by atoms with E-state index >= 15 is 0 Å². The van der Waals surface area contributed by atoms with Gasteiger partial charge in [-0.25, -0.2) is 0 Å². The quantitative estimate of drug-likeness (QED) is 0.661. The smallest absolute Gasteiger partial charge is 0.242 e. The van der Waals surface area contributed by atoms with Crippen molar-refractivity contribution < 1.29 is 14.7 Å². The summed E-state index contributed by atoms with van der Waals surface area (Å²) in [6.45, 7) is 7.27. The second-order valence-corrected chi connectivity index (χ2v) is 6.55. The number of β-lactam (4-membered cyclic amide) rings is 1. The molecular formula is C14H25N3O3. The number of amides is 2. The van der Waals surface area contributed by atoms with Crippen LogP contribution in [0.2, 0.25) is 0 Å². The van der Waals surface area contributed by atoms with Crippen molar-refractivity contribution in [1.29, 1.82) is 0 Å². The second kappa shape index (κ2) is 5.69. The highest BCUT2D eigenvalue weighted by Gasteiger charge is 2.56. The molecule has 2 amide bonds. The van der Waals surface area contributed by atoms with Gasteiger partial charge < -0.3 is 20.6 Å². The molecule has 1 unspecified atom stereocenters. The van der Waals surface area contributed by atoms with Gasteiger partial charge in [-0.3, -0.25) is 9.59 Å². The van der Waals surface area contributed by atoms with Crippen molar-refractivity contribution in [3.8, 4) is 0 Å². The molecule has 0 aromatic carbocycles. The Morgan fingerprint density at radius 3 is 2.65 bits per heavy atom. The van der Waals surface area contributed by atoms with Crippen molar-refractivity contribution >= 4 is 11.8 Å². The summed E-state index contributed by atoms with van der Waals surface area (Å²) in [7, 11) is 0. The first-order chi connectivity index (χ1) is 9.39. The number of rotatable bonds is 5. The summed E-state index contributed by atoms with van der Waals surface area (Å²) in [6.07, 6.45) is 1.88. The van der Waals surface area contributed by atoms with Gasteiger partial charge in [0.2, 0.25) is 11.8 Å². The molecule has 2 rings (SSSR count). The predicted octanol–water partition coefficient (Wildman–Crippen LogP) is -0.587. The predicted molar refractivity (Wildman–Crippen MR) is 74.7 cm³/mol. The molecule has 6 heteroatoms. The molecule has 2 atom stereocenters. The molecule has 0 saturated carbocycles. The monoisotopic (exact) mass is 283 g/mol. The van der Waals surface area contributed by atoms with Crippen LogP contribution in [0.3, 0.4) is 0 Å². The van der Waals surface area contributed by atoms with Crippen molar-refractivity contribution in [2.45, 2.75) is 32.7 Å². The molecule has 2 aliphatic heterocycles. The summed E-state index contributed by atoms with van der Waals surface area (Å²) in [5.41, 5.74) is 4.88. The SMILES string of the molecule is CC(C)CN1CCCC2(C1)CN([C@@H](CO)C(N)=O)C2=O. The average molecular weight is 283 g/mol. The zero-order valence-corrected chi connectivity index (χ0v) is 12.3. The molecule has 0 aromatic rings. The lowest BCUT2D eigenvalue weighted by Gasteiger charge is -2.54. The minimum absolute atomic E-state index is 0.0243. The lowest BCUT2D eigenvalue weighted by atomic mass is 9.71. The Kier molecular flexibility index (Phi) is 4.34. The first kappa shape index (κ1) is 15.3. The summed E-state index contributed by atoms with van der Waals surface area (Å²) >= 11 is 0. The van der Waals surface area contributed by atoms with Crippen molar-refractivity contribution in [3.63, 3.8) is 0 Å². The third-order valence-corrected chi connectivity index (χ3v) is 4.34. The maximum Gasteiger partial charge on any atom is 0.242 e. The van der Waals surface area contributed by atoms with E-state index in [0.717, 1.165) is 32.5 Å². The van der Waals surface area contributed by atoms with Gasteiger partial charge in [0.05, 0.1) is 12.0 Å². The fraction of sp³-hybridized carbons (Fsp3) is 0.857. The Morgan fingerprint density at radius 1 is 1.45 bits per heavy atom. The molecule has 1 spiro atoms. The van der Waals surface area contributed by atoms with E-state index in [-0.39, 0.29) is 11.3 Å². The number of carbonyl (C=O) groups is 2. The highest BCUT2D eigenvalue weighted by Crippen LogP contribution is 2.41. The minimum atomic E-state index is -0.867. The first-order valence-corrected chi connectivity index (χ1v) is 7.33. The third-order valence-electron chi connectivity index (χ3n) is 4.34. The molecule has 2 fully saturated rings. The van der Waals surface area contributed by atoms with Crippen LogP contribution in [0.4, 0.5) is 0 Å². The molecule has 6 nitrogen and oxygen atoms in total. The number of hydrogen-bond donors (Lipinski definition) is 2. The Morgan fingerprint density at radius 2 is 2.15 bits per heavy atom. The minimum Gasteiger partial charge on any atom is -0.394 e. The fourth-order valence-electron chi connectivity index (χ4n) is 3.48. The Hall–Kier alpha value is -1.14. The number of nitrogens with two attached hydrogens (primary N) is 1. The van der Waals surface area contributed by atoms with E-state index in [1.54, 1.807) is 0 Å². The van der Waals surface area contributed by atoms with Gasteiger partial charge in [-0.1, -0.05) is 13.8 Å². The van der Waals surface area contributed by atoms with Crippen LogP contribution in [0.15, 0.2) is 0 Å². The van der Waals surface area contributed by atoms with Gasteiger partial charge in [-0.05, 0) is 25.3 Å². The molecule has 2 heterocycles. The molecule has 2 aliphatic rings. The summed E-state index contributed by atoms with van der Waals surface area (Å²) in [6, 6.07) is -0.867. The molecule has 20 heavy (non-hydrogen) atoms. The van der Waals surface area contributed by atoms with Crippen molar-refractivity contribution in [2.75, 3.05) is 32.8 Å². The maximum absolute atomic E-state index is 12.5. The van der Waals surface area contributed by atoms with Crippen molar-refractivity contribution in [3.05, 3.63) is 0 Å². The Bertz CT molecular complexity index is 399. The number of nitrogens with zero attached hydrogens (tertiary/aromatic N) is 2. The van der Waals surface area contributed by atoms with E-state index < -0.39 is 18.6 Å². The van der Waals surface area contributed by atoms with Crippen LogP contribution in [0, 0.1) is 11.3 Å². The zero-order valence-electron chi connectivity index (χ0n) is 12.3. The molecule has 0 radical (unpaired) electrons. The largest absolute Gasteiger partial charge is 0.394 e. The molecule has 3 N–H and O–H groups in total.